The molecule has 1 rings (SSSR count). The molecule has 2 N–H and O–H groups in total. The van der Waals surface area contributed by atoms with Crippen LogP contribution >= 0.6 is 0 Å². The third-order valence-electron chi connectivity index (χ3n) is 2.74. The summed E-state index contributed by atoms with van der Waals surface area (Å²) in [5.74, 6) is 0.156. The van der Waals surface area contributed by atoms with Gasteiger partial charge in [0, 0.05) is 26.1 Å². The third-order valence-corrected chi connectivity index (χ3v) is 2.74. The minimum absolute atomic E-state index is 0.0892. The van der Waals surface area contributed by atoms with Crippen molar-refractivity contribution in [1.82, 2.24) is 4.90 Å². The summed E-state index contributed by atoms with van der Waals surface area (Å²) >= 11 is 0. The first-order valence-corrected chi connectivity index (χ1v) is 6.04. The Balaban J connectivity index is 2.48. The van der Waals surface area contributed by atoms with Crippen molar-refractivity contribution in [2.45, 2.75) is 39.3 Å². The second-order valence-electron chi connectivity index (χ2n) is 4.75. The van der Waals surface area contributed by atoms with Crippen molar-refractivity contribution in [2.24, 2.45) is 5.73 Å². The molecule has 1 aromatic rings. The Morgan fingerprint density at radius 3 is 2.76 bits per heavy atom. The van der Waals surface area contributed by atoms with Gasteiger partial charge in [-0.15, -0.1) is 0 Å². The smallest absolute Gasteiger partial charge is 0.222 e. The molecule has 0 radical (unpaired) electrons. The van der Waals surface area contributed by atoms with Gasteiger partial charge < -0.3 is 10.6 Å². The molecule has 1 amide bonds. The maximum atomic E-state index is 11.8. The number of hydrogen-bond donors (Lipinski definition) is 1. The summed E-state index contributed by atoms with van der Waals surface area (Å²) in [4.78, 5) is 13.6. The summed E-state index contributed by atoms with van der Waals surface area (Å²) < 4.78 is 0. The van der Waals surface area contributed by atoms with Gasteiger partial charge in [-0.25, -0.2) is 0 Å². The Bertz CT molecular complexity index is 374. The Hall–Kier alpha value is -1.35. The summed E-state index contributed by atoms with van der Waals surface area (Å²) in [5, 5.41) is 0. The number of nitrogens with zero attached hydrogens (tertiary/aromatic N) is 1. The lowest BCUT2D eigenvalue weighted by molar-refractivity contribution is -0.130. The van der Waals surface area contributed by atoms with Crippen LogP contribution in [0.5, 0.6) is 0 Å². The Kier molecular flexibility index (Phi) is 5.16. The van der Waals surface area contributed by atoms with Gasteiger partial charge in [-0.3, -0.25) is 4.79 Å². The number of aryl methyl sites for hydroxylation is 1. The standard InChI is InChI=1S/C14H22N2O/c1-11-5-4-6-13(9-11)10-16(3)14(17)8-7-12(2)15/h4-6,9,12H,7-8,10,15H2,1-3H3. The van der Waals surface area contributed by atoms with Gasteiger partial charge in [0.1, 0.15) is 0 Å². The number of amides is 1. The van der Waals surface area contributed by atoms with Gasteiger partial charge in [0.15, 0.2) is 0 Å². The fourth-order valence-corrected chi connectivity index (χ4v) is 1.71. The highest BCUT2D eigenvalue weighted by molar-refractivity contribution is 5.75. The van der Waals surface area contributed by atoms with E-state index in [9.17, 15) is 4.79 Å². The van der Waals surface area contributed by atoms with Gasteiger partial charge in [0.05, 0.1) is 0 Å². The van der Waals surface area contributed by atoms with E-state index in [0.29, 0.717) is 13.0 Å². The first-order chi connectivity index (χ1) is 7.99. The van der Waals surface area contributed by atoms with Crippen molar-refractivity contribution in [2.75, 3.05) is 7.05 Å². The van der Waals surface area contributed by atoms with Crippen LogP contribution in [-0.4, -0.2) is 23.9 Å². The Morgan fingerprint density at radius 2 is 2.18 bits per heavy atom. The van der Waals surface area contributed by atoms with Crippen molar-refractivity contribution in [3.63, 3.8) is 0 Å². The van der Waals surface area contributed by atoms with E-state index in [2.05, 4.69) is 19.1 Å². The van der Waals surface area contributed by atoms with Crippen LogP contribution in [0, 0.1) is 6.92 Å². The molecule has 0 aliphatic rings. The zero-order valence-corrected chi connectivity index (χ0v) is 10.9. The number of carbonyl (C=O) groups excluding carboxylic acids is 1. The summed E-state index contributed by atoms with van der Waals surface area (Å²) in [6, 6.07) is 8.32. The molecular formula is C14H22N2O. The van der Waals surface area contributed by atoms with Crippen LogP contribution in [0.3, 0.4) is 0 Å². The van der Waals surface area contributed by atoms with Gasteiger partial charge in [-0.2, -0.15) is 0 Å². The predicted molar refractivity (Wildman–Crippen MR) is 70.5 cm³/mol. The highest BCUT2D eigenvalue weighted by atomic mass is 16.2. The number of benzene rings is 1. The molecule has 0 aromatic heterocycles. The zero-order chi connectivity index (χ0) is 12.8. The lowest BCUT2D eigenvalue weighted by Crippen LogP contribution is -2.28. The lowest BCUT2D eigenvalue weighted by atomic mass is 10.1. The maximum Gasteiger partial charge on any atom is 0.222 e. The van der Waals surface area contributed by atoms with E-state index in [1.54, 1.807) is 4.90 Å². The fourth-order valence-electron chi connectivity index (χ4n) is 1.71. The molecule has 0 spiro atoms. The van der Waals surface area contributed by atoms with E-state index in [4.69, 9.17) is 5.73 Å². The third kappa shape index (κ3) is 5.00. The number of hydrogen-bond acceptors (Lipinski definition) is 2. The molecule has 0 saturated heterocycles. The summed E-state index contributed by atoms with van der Waals surface area (Å²) in [6.45, 7) is 4.65. The Morgan fingerprint density at radius 1 is 1.47 bits per heavy atom. The van der Waals surface area contributed by atoms with Crippen molar-refractivity contribution in [3.05, 3.63) is 35.4 Å². The molecular weight excluding hydrogens is 212 g/mol. The average Bonchev–Trinajstić information content (AvgIpc) is 2.25. The van der Waals surface area contributed by atoms with Gasteiger partial charge >= 0.3 is 0 Å². The molecule has 0 saturated carbocycles. The van der Waals surface area contributed by atoms with Crippen LogP contribution in [-0.2, 0) is 11.3 Å². The second kappa shape index (κ2) is 6.40. The first kappa shape index (κ1) is 13.7. The van der Waals surface area contributed by atoms with E-state index >= 15 is 0 Å². The van der Waals surface area contributed by atoms with Crippen LogP contribution in [0.25, 0.3) is 0 Å². The van der Waals surface area contributed by atoms with Crippen molar-refractivity contribution < 1.29 is 4.79 Å². The average molecular weight is 234 g/mol. The van der Waals surface area contributed by atoms with Crippen LogP contribution in [0.4, 0.5) is 0 Å². The molecule has 0 aliphatic heterocycles. The van der Waals surface area contributed by atoms with Crippen molar-refractivity contribution >= 4 is 5.91 Å². The molecule has 3 nitrogen and oxygen atoms in total. The quantitative estimate of drug-likeness (QED) is 0.848. The molecule has 0 aliphatic carbocycles. The summed E-state index contributed by atoms with van der Waals surface area (Å²) in [5.41, 5.74) is 8.03. The van der Waals surface area contributed by atoms with Crippen LogP contribution in [0.1, 0.15) is 30.9 Å². The van der Waals surface area contributed by atoms with Crippen LogP contribution in [0.15, 0.2) is 24.3 Å². The highest BCUT2D eigenvalue weighted by Crippen LogP contribution is 2.08. The molecule has 94 valence electrons. The van der Waals surface area contributed by atoms with Crippen LogP contribution < -0.4 is 5.73 Å². The summed E-state index contributed by atoms with van der Waals surface area (Å²) in [6.07, 6.45) is 1.27. The van der Waals surface area contributed by atoms with E-state index < -0.39 is 0 Å². The monoisotopic (exact) mass is 234 g/mol. The number of nitrogens with two attached hydrogens (primary N) is 1. The summed E-state index contributed by atoms with van der Waals surface area (Å²) in [7, 11) is 1.84. The highest BCUT2D eigenvalue weighted by Gasteiger charge is 2.09. The molecule has 3 heteroatoms. The predicted octanol–water partition coefficient (Wildman–Crippen LogP) is 2.08. The minimum atomic E-state index is 0.0892. The van der Waals surface area contributed by atoms with Crippen molar-refractivity contribution in [3.8, 4) is 0 Å². The van der Waals surface area contributed by atoms with Gasteiger partial charge in [0.2, 0.25) is 5.91 Å². The largest absolute Gasteiger partial charge is 0.341 e. The van der Waals surface area contributed by atoms with Gasteiger partial charge in [-0.05, 0) is 25.8 Å². The zero-order valence-electron chi connectivity index (χ0n) is 10.9. The van der Waals surface area contributed by atoms with E-state index in [0.717, 1.165) is 6.42 Å². The SMILES string of the molecule is Cc1cccc(CN(C)C(=O)CCC(C)N)c1. The van der Waals surface area contributed by atoms with Gasteiger partial charge in [-0.1, -0.05) is 29.8 Å². The Labute approximate surface area is 104 Å². The molecule has 1 aromatic carbocycles. The minimum Gasteiger partial charge on any atom is -0.341 e. The first-order valence-electron chi connectivity index (χ1n) is 6.04. The molecule has 1 atom stereocenters. The maximum absolute atomic E-state index is 11.8. The number of rotatable bonds is 5. The lowest BCUT2D eigenvalue weighted by Gasteiger charge is -2.18. The van der Waals surface area contributed by atoms with Crippen LogP contribution in [0.2, 0.25) is 0 Å². The van der Waals surface area contributed by atoms with E-state index in [-0.39, 0.29) is 11.9 Å². The van der Waals surface area contributed by atoms with Gasteiger partial charge in [0.25, 0.3) is 0 Å². The van der Waals surface area contributed by atoms with E-state index in [1.165, 1.54) is 11.1 Å². The normalized spacial score (nSPS) is 12.2. The van der Waals surface area contributed by atoms with E-state index in [1.807, 2.05) is 26.1 Å². The molecule has 0 heterocycles. The molecule has 0 bridgehead atoms. The fraction of sp³-hybridized carbons (Fsp3) is 0.500. The topological polar surface area (TPSA) is 46.3 Å². The molecule has 0 fully saturated rings. The number of carbonyl (C=O) groups is 1. The van der Waals surface area contributed by atoms with Crippen molar-refractivity contribution in [1.29, 1.82) is 0 Å². The molecule has 17 heavy (non-hydrogen) atoms. The molecule has 1 unspecified atom stereocenters. The second-order valence-corrected chi connectivity index (χ2v) is 4.75.